The van der Waals surface area contributed by atoms with Crippen LogP contribution in [0.1, 0.15) is 31.8 Å². The Morgan fingerprint density at radius 1 is 0.590 bits per heavy atom. The fourth-order valence-electron chi connectivity index (χ4n) is 2.67. The number of hydrogen-bond acceptors (Lipinski definition) is 3. The van der Waals surface area contributed by atoms with Crippen LogP contribution in [0.4, 0.5) is 26.3 Å². The van der Waals surface area contributed by atoms with Gasteiger partial charge in [0, 0.05) is 4.47 Å². The van der Waals surface area contributed by atoms with Crippen LogP contribution in [0.5, 0.6) is 5.75 Å². The molecule has 0 unspecified atom stereocenters. The van der Waals surface area contributed by atoms with E-state index < -0.39 is 35.4 Å². The molecule has 39 heavy (non-hydrogen) atoms. The number of esters is 1. The quantitative estimate of drug-likeness (QED) is 0.143. The topological polar surface area (TPSA) is 63.6 Å². The average molecular weight is 613 g/mol. The lowest BCUT2D eigenvalue weighted by atomic mass is 10.2. The molecule has 0 bridgehead atoms. The Bertz CT molecular complexity index is 1320. The van der Waals surface area contributed by atoms with Gasteiger partial charge < -0.3 is 9.84 Å². The normalized spacial score (nSPS) is 10.7. The summed E-state index contributed by atoms with van der Waals surface area (Å²) in [5.74, 6) is -1.42. The molecule has 11 heteroatoms. The third-order valence-electron chi connectivity index (χ3n) is 4.59. The Morgan fingerprint density at radius 3 is 1.33 bits per heavy atom. The molecular weight excluding hydrogens is 594 g/mol. The van der Waals surface area contributed by atoms with Crippen molar-refractivity contribution < 1.29 is 45.8 Å². The van der Waals surface area contributed by atoms with Crippen LogP contribution in [0.25, 0.3) is 0 Å². The summed E-state index contributed by atoms with van der Waals surface area (Å²) in [6, 6.07) is 25.3. The Morgan fingerprint density at radius 2 is 0.974 bits per heavy atom. The zero-order chi connectivity index (χ0) is 29.1. The second kappa shape index (κ2) is 14.1. The van der Waals surface area contributed by atoms with Crippen molar-refractivity contribution in [1.82, 2.24) is 0 Å². The molecule has 0 aliphatic heterocycles. The highest BCUT2D eigenvalue weighted by atomic mass is 79.9. The zero-order valence-corrected chi connectivity index (χ0v) is 21.3. The van der Waals surface area contributed by atoms with E-state index in [4.69, 9.17) is 9.84 Å². The van der Waals surface area contributed by atoms with Crippen LogP contribution in [0.15, 0.2) is 114 Å². The lowest BCUT2D eigenvalue weighted by Gasteiger charge is -2.08. The summed E-state index contributed by atoms with van der Waals surface area (Å²) < 4.78 is 78.3. The first kappa shape index (κ1) is 31.1. The van der Waals surface area contributed by atoms with Gasteiger partial charge in [-0.2, -0.15) is 26.3 Å². The van der Waals surface area contributed by atoms with E-state index in [1.807, 2.05) is 0 Å². The minimum absolute atomic E-state index is 0.0712. The average Bonchev–Trinajstić information content (AvgIpc) is 2.90. The number of alkyl halides is 6. The van der Waals surface area contributed by atoms with Crippen molar-refractivity contribution in [3.63, 3.8) is 0 Å². The van der Waals surface area contributed by atoms with Crippen molar-refractivity contribution in [2.75, 3.05) is 0 Å². The van der Waals surface area contributed by atoms with E-state index in [0.29, 0.717) is 15.6 Å². The number of carboxylic acid groups (broad SMARTS) is 1. The summed E-state index contributed by atoms with van der Waals surface area (Å²) >= 11 is 3.04. The minimum atomic E-state index is -4.40. The van der Waals surface area contributed by atoms with Gasteiger partial charge in [-0.15, -0.1) is 0 Å². The van der Waals surface area contributed by atoms with Gasteiger partial charge in [-0.1, -0.05) is 52.3 Å². The SMILES string of the molecule is FC(F)(F)c1ccc(Br)cc1.O=C(O)c1ccccc1.O=C(Oc1ccc(C(F)(F)F)cc1)c1ccccc1. The lowest BCUT2D eigenvalue weighted by molar-refractivity contribution is -0.138. The highest BCUT2D eigenvalue weighted by molar-refractivity contribution is 9.10. The lowest BCUT2D eigenvalue weighted by Crippen LogP contribution is -2.09. The van der Waals surface area contributed by atoms with Gasteiger partial charge in [0.15, 0.2) is 0 Å². The first-order valence-electron chi connectivity index (χ1n) is 10.8. The molecule has 0 atom stereocenters. The largest absolute Gasteiger partial charge is 0.478 e. The molecule has 0 radical (unpaired) electrons. The molecule has 0 heterocycles. The van der Waals surface area contributed by atoms with Crippen LogP contribution in [-0.4, -0.2) is 17.0 Å². The van der Waals surface area contributed by atoms with Gasteiger partial charge in [0.1, 0.15) is 5.75 Å². The van der Waals surface area contributed by atoms with Crippen molar-refractivity contribution in [3.05, 3.63) is 136 Å². The van der Waals surface area contributed by atoms with E-state index in [0.717, 1.165) is 36.4 Å². The van der Waals surface area contributed by atoms with E-state index in [1.165, 1.54) is 12.1 Å². The molecule has 4 aromatic carbocycles. The van der Waals surface area contributed by atoms with Crippen molar-refractivity contribution in [3.8, 4) is 5.75 Å². The van der Waals surface area contributed by atoms with Gasteiger partial charge in [0.05, 0.1) is 22.3 Å². The highest BCUT2D eigenvalue weighted by Crippen LogP contribution is 2.31. The Hall–Kier alpha value is -4.12. The molecule has 0 spiro atoms. The van der Waals surface area contributed by atoms with Crippen molar-refractivity contribution >= 4 is 27.9 Å². The van der Waals surface area contributed by atoms with E-state index in [-0.39, 0.29) is 5.75 Å². The number of halogens is 7. The number of benzene rings is 4. The Kier molecular flexibility index (Phi) is 11.3. The van der Waals surface area contributed by atoms with Gasteiger partial charge in [-0.05, 0) is 72.8 Å². The maximum absolute atomic E-state index is 12.3. The second-order valence-electron chi connectivity index (χ2n) is 7.45. The zero-order valence-electron chi connectivity index (χ0n) is 19.7. The second-order valence-corrected chi connectivity index (χ2v) is 8.37. The van der Waals surface area contributed by atoms with Gasteiger partial charge in [0.2, 0.25) is 0 Å². The summed E-state index contributed by atoms with van der Waals surface area (Å²) in [6.07, 6.45) is -8.64. The predicted octanol–water partition coefficient (Wildman–Crippen LogP) is 8.78. The number of carbonyl (C=O) groups is 2. The van der Waals surface area contributed by atoms with Crippen LogP contribution >= 0.6 is 15.9 Å². The maximum atomic E-state index is 12.3. The monoisotopic (exact) mass is 612 g/mol. The third-order valence-corrected chi connectivity index (χ3v) is 5.12. The van der Waals surface area contributed by atoms with Gasteiger partial charge in [-0.25, -0.2) is 9.59 Å². The molecule has 0 amide bonds. The standard InChI is InChI=1S/C14H9F3O2.C7H4BrF3.C7H6O2/c15-14(16,17)11-6-8-12(9-7-11)19-13(18)10-4-2-1-3-5-10;8-6-3-1-5(2-4-6)7(9,10)11;8-7(9)6-4-2-1-3-5-6/h1-9H;1-4H;1-5H,(H,8,9). The molecule has 4 nitrogen and oxygen atoms in total. The van der Waals surface area contributed by atoms with Crippen LogP contribution in [0.2, 0.25) is 0 Å². The molecule has 0 aliphatic rings. The molecule has 0 saturated heterocycles. The van der Waals surface area contributed by atoms with Crippen molar-refractivity contribution in [2.24, 2.45) is 0 Å². The highest BCUT2D eigenvalue weighted by Gasteiger charge is 2.30. The minimum Gasteiger partial charge on any atom is -0.478 e. The maximum Gasteiger partial charge on any atom is 0.416 e. The summed E-state index contributed by atoms with van der Waals surface area (Å²) in [4.78, 5) is 21.9. The number of carboxylic acids is 1. The molecule has 0 aliphatic carbocycles. The van der Waals surface area contributed by atoms with E-state index in [2.05, 4.69) is 15.9 Å². The summed E-state index contributed by atoms with van der Waals surface area (Å²) in [5.41, 5.74) is -0.743. The van der Waals surface area contributed by atoms with Crippen LogP contribution in [0, 0.1) is 0 Å². The van der Waals surface area contributed by atoms with E-state index in [9.17, 15) is 35.9 Å². The van der Waals surface area contributed by atoms with E-state index in [1.54, 1.807) is 60.7 Å². The molecule has 4 aromatic rings. The molecule has 4 rings (SSSR count). The summed E-state index contributed by atoms with van der Waals surface area (Å²) in [6.45, 7) is 0. The Balaban J connectivity index is 0.000000226. The van der Waals surface area contributed by atoms with Gasteiger partial charge >= 0.3 is 24.3 Å². The number of rotatable bonds is 3. The molecular formula is C28H19BrF6O4. The first-order valence-corrected chi connectivity index (χ1v) is 11.6. The van der Waals surface area contributed by atoms with Crippen LogP contribution in [0.3, 0.4) is 0 Å². The smallest absolute Gasteiger partial charge is 0.416 e. The third kappa shape index (κ3) is 11.0. The first-order chi connectivity index (χ1) is 18.3. The summed E-state index contributed by atoms with van der Waals surface area (Å²) in [5, 5.41) is 8.38. The summed E-state index contributed by atoms with van der Waals surface area (Å²) in [7, 11) is 0. The number of aromatic carboxylic acids is 1. The predicted molar refractivity (Wildman–Crippen MR) is 135 cm³/mol. The molecule has 0 fully saturated rings. The van der Waals surface area contributed by atoms with Crippen LogP contribution in [-0.2, 0) is 12.4 Å². The molecule has 204 valence electrons. The fourth-order valence-corrected chi connectivity index (χ4v) is 2.94. The van der Waals surface area contributed by atoms with E-state index >= 15 is 0 Å². The molecule has 0 aromatic heterocycles. The van der Waals surface area contributed by atoms with Gasteiger partial charge in [0.25, 0.3) is 0 Å². The number of carbonyl (C=O) groups excluding carboxylic acids is 1. The van der Waals surface area contributed by atoms with Crippen molar-refractivity contribution in [2.45, 2.75) is 12.4 Å². The van der Waals surface area contributed by atoms with Crippen LogP contribution < -0.4 is 4.74 Å². The number of ether oxygens (including phenoxy) is 1. The molecule has 1 N–H and O–H groups in total. The fraction of sp³-hybridized carbons (Fsp3) is 0.0714. The number of hydrogen-bond donors (Lipinski definition) is 1. The van der Waals surface area contributed by atoms with Gasteiger partial charge in [-0.3, -0.25) is 0 Å². The van der Waals surface area contributed by atoms with Crippen molar-refractivity contribution in [1.29, 1.82) is 0 Å². The Labute approximate surface area is 227 Å². The molecule has 0 saturated carbocycles.